The van der Waals surface area contributed by atoms with Gasteiger partial charge in [-0.3, -0.25) is 0 Å². The molecule has 3 nitrogen and oxygen atoms in total. The van der Waals surface area contributed by atoms with Gasteiger partial charge in [0.25, 0.3) is 0 Å². The number of ether oxygens (including phenoxy) is 2. The van der Waals surface area contributed by atoms with Gasteiger partial charge in [0.2, 0.25) is 0 Å². The molecule has 0 aliphatic heterocycles. The monoisotopic (exact) mass is 216 g/mol. The highest BCUT2D eigenvalue weighted by Gasteiger charge is 2.05. The molecule has 1 unspecified atom stereocenters. The van der Waals surface area contributed by atoms with E-state index < -0.39 is 0 Å². The highest BCUT2D eigenvalue weighted by atomic mass is 16.7. The molecule has 0 rings (SSSR count). The van der Waals surface area contributed by atoms with Crippen molar-refractivity contribution < 1.29 is 14.6 Å². The Morgan fingerprint density at radius 1 is 1.33 bits per heavy atom. The molecule has 0 radical (unpaired) electrons. The standard InChI is InChI=1S/C12H24O3/c1-3-6-12(8-9-13)7-4-5-10-15-11-14-2/h3,12-13H,1,4-11H2,2H3. The summed E-state index contributed by atoms with van der Waals surface area (Å²) < 4.78 is 9.97. The molecule has 0 aromatic heterocycles. The Bertz CT molecular complexity index is 137. The molecule has 3 heteroatoms. The predicted molar refractivity (Wildman–Crippen MR) is 61.7 cm³/mol. The fourth-order valence-electron chi connectivity index (χ4n) is 1.58. The van der Waals surface area contributed by atoms with Gasteiger partial charge < -0.3 is 14.6 Å². The summed E-state index contributed by atoms with van der Waals surface area (Å²) in [5.41, 5.74) is 0. The van der Waals surface area contributed by atoms with Crippen LogP contribution in [0.3, 0.4) is 0 Å². The molecule has 15 heavy (non-hydrogen) atoms. The lowest BCUT2D eigenvalue weighted by atomic mass is 9.95. The first-order chi connectivity index (χ1) is 7.35. The molecule has 90 valence electrons. The van der Waals surface area contributed by atoms with Gasteiger partial charge in [0.15, 0.2) is 0 Å². The minimum Gasteiger partial charge on any atom is -0.396 e. The summed E-state index contributed by atoms with van der Waals surface area (Å²) in [7, 11) is 1.63. The van der Waals surface area contributed by atoms with Gasteiger partial charge in [-0.2, -0.15) is 0 Å². The van der Waals surface area contributed by atoms with Crippen LogP contribution < -0.4 is 0 Å². The van der Waals surface area contributed by atoms with E-state index in [0.717, 1.165) is 38.7 Å². The minimum absolute atomic E-state index is 0.276. The Hall–Kier alpha value is -0.380. The van der Waals surface area contributed by atoms with Crippen molar-refractivity contribution in [2.45, 2.75) is 32.1 Å². The van der Waals surface area contributed by atoms with Gasteiger partial charge in [-0.1, -0.05) is 12.5 Å². The van der Waals surface area contributed by atoms with Gasteiger partial charge in [0.05, 0.1) is 0 Å². The van der Waals surface area contributed by atoms with Gasteiger partial charge in [-0.25, -0.2) is 0 Å². The van der Waals surface area contributed by atoms with Gasteiger partial charge in [-0.15, -0.1) is 6.58 Å². The molecular weight excluding hydrogens is 192 g/mol. The Labute approximate surface area is 93.1 Å². The van der Waals surface area contributed by atoms with Crippen molar-refractivity contribution in [1.29, 1.82) is 0 Å². The first kappa shape index (κ1) is 14.6. The summed E-state index contributed by atoms with van der Waals surface area (Å²) in [5, 5.41) is 8.86. The third-order valence-corrected chi connectivity index (χ3v) is 2.39. The highest BCUT2D eigenvalue weighted by Crippen LogP contribution is 2.16. The van der Waals surface area contributed by atoms with E-state index >= 15 is 0 Å². The Kier molecular flexibility index (Phi) is 11.4. The fourth-order valence-corrected chi connectivity index (χ4v) is 1.58. The summed E-state index contributed by atoms with van der Waals surface area (Å²) in [4.78, 5) is 0. The minimum atomic E-state index is 0.276. The van der Waals surface area contributed by atoms with Crippen molar-refractivity contribution in [1.82, 2.24) is 0 Å². The highest BCUT2D eigenvalue weighted by molar-refractivity contribution is 4.73. The molecule has 1 N–H and O–H groups in total. The molecule has 0 aliphatic rings. The maximum atomic E-state index is 8.86. The molecule has 0 spiro atoms. The van der Waals surface area contributed by atoms with Crippen molar-refractivity contribution in [2.24, 2.45) is 5.92 Å². The molecule has 0 aromatic rings. The van der Waals surface area contributed by atoms with Crippen LogP contribution in [-0.2, 0) is 9.47 Å². The molecule has 0 bridgehead atoms. The second-order valence-corrected chi connectivity index (χ2v) is 3.71. The Morgan fingerprint density at radius 2 is 2.13 bits per heavy atom. The summed E-state index contributed by atoms with van der Waals surface area (Å²) in [6.07, 6.45) is 7.15. The number of unbranched alkanes of at least 4 members (excludes halogenated alkanes) is 1. The zero-order valence-corrected chi connectivity index (χ0v) is 9.78. The van der Waals surface area contributed by atoms with Gasteiger partial charge in [-0.05, 0) is 31.6 Å². The van der Waals surface area contributed by atoms with Crippen LogP contribution in [-0.4, -0.2) is 32.2 Å². The summed E-state index contributed by atoms with van der Waals surface area (Å²) in [6.45, 7) is 5.14. The largest absolute Gasteiger partial charge is 0.396 e. The van der Waals surface area contributed by atoms with Crippen molar-refractivity contribution in [3.05, 3.63) is 12.7 Å². The zero-order chi connectivity index (χ0) is 11.4. The van der Waals surface area contributed by atoms with E-state index in [2.05, 4.69) is 6.58 Å². The number of hydrogen-bond donors (Lipinski definition) is 1. The van der Waals surface area contributed by atoms with Crippen LogP contribution in [0.2, 0.25) is 0 Å². The number of allylic oxidation sites excluding steroid dienone is 1. The summed E-state index contributed by atoms with van der Waals surface area (Å²) in [5.74, 6) is 0.579. The SMILES string of the molecule is C=CCC(CCO)CCCCOCOC. The number of rotatable bonds is 11. The lowest BCUT2D eigenvalue weighted by molar-refractivity contribution is -0.0317. The van der Waals surface area contributed by atoms with Crippen molar-refractivity contribution in [3.63, 3.8) is 0 Å². The van der Waals surface area contributed by atoms with Gasteiger partial charge in [0.1, 0.15) is 6.79 Å². The van der Waals surface area contributed by atoms with Gasteiger partial charge >= 0.3 is 0 Å². The lowest BCUT2D eigenvalue weighted by Gasteiger charge is -2.13. The number of aliphatic hydroxyl groups is 1. The number of hydrogen-bond acceptors (Lipinski definition) is 3. The third kappa shape index (κ3) is 9.91. The first-order valence-corrected chi connectivity index (χ1v) is 5.63. The van der Waals surface area contributed by atoms with Crippen LogP contribution in [0.4, 0.5) is 0 Å². The average Bonchev–Trinajstić information content (AvgIpc) is 2.24. The van der Waals surface area contributed by atoms with Crippen LogP contribution in [0.5, 0.6) is 0 Å². The molecule has 0 saturated carbocycles. The normalized spacial score (nSPS) is 12.7. The van der Waals surface area contributed by atoms with Crippen LogP contribution >= 0.6 is 0 Å². The zero-order valence-electron chi connectivity index (χ0n) is 9.78. The van der Waals surface area contributed by atoms with E-state index in [9.17, 15) is 0 Å². The molecule has 0 heterocycles. The molecule has 0 amide bonds. The number of methoxy groups -OCH3 is 1. The lowest BCUT2D eigenvalue weighted by Crippen LogP contribution is -2.04. The van der Waals surface area contributed by atoms with Crippen molar-refractivity contribution in [2.75, 3.05) is 27.1 Å². The van der Waals surface area contributed by atoms with E-state index in [1.807, 2.05) is 6.08 Å². The quantitative estimate of drug-likeness (QED) is 0.327. The average molecular weight is 216 g/mol. The van der Waals surface area contributed by atoms with E-state index in [0.29, 0.717) is 12.7 Å². The van der Waals surface area contributed by atoms with Gasteiger partial charge in [0, 0.05) is 20.3 Å². The van der Waals surface area contributed by atoms with Crippen LogP contribution in [0, 0.1) is 5.92 Å². The maximum absolute atomic E-state index is 8.86. The van der Waals surface area contributed by atoms with E-state index in [-0.39, 0.29) is 6.61 Å². The Morgan fingerprint density at radius 3 is 2.73 bits per heavy atom. The maximum Gasteiger partial charge on any atom is 0.146 e. The van der Waals surface area contributed by atoms with Crippen molar-refractivity contribution in [3.8, 4) is 0 Å². The molecule has 0 saturated heterocycles. The summed E-state index contributed by atoms with van der Waals surface area (Å²) in [6, 6.07) is 0. The fraction of sp³-hybridized carbons (Fsp3) is 0.833. The van der Waals surface area contributed by atoms with E-state index in [4.69, 9.17) is 14.6 Å². The van der Waals surface area contributed by atoms with Crippen LogP contribution in [0.15, 0.2) is 12.7 Å². The summed E-state index contributed by atoms with van der Waals surface area (Å²) >= 11 is 0. The molecule has 1 atom stereocenters. The van der Waals surface area contributed by atoms with Crippen molar-refractivity contribution >= 4 is 0 Å². The molecule has 0 aliphatic carbocycles. The van der Waals surface area contributed by atoms with E-state index in [1.165, 1.54) is 0 Å². The molecular formula is C12H24O3. The number of aliphatic hydroxyl groups excluding tert-OH is 1. The third-order valence-electron chi connectivity index (χ3n) is 2.39. The topological polar surface area (TPSA) is 38.7 Å². The first-order valence-electron chi connectivity index (χ1n) is 5.63. The smallest absolute Gasteiger partial charge is 0.146 e. The second-order valence-electron chi connectivity index (χ2n) is 3.71. The second kappa shape index (κ2) is 11.7. The molecule has 0 fully saturated rings. The van der Waals surface area contributed by atoms with E-state index in [1.54, 1.807) is 7.11 Å². The Balaban J connectivity index is 3.32. The van der Waals surface area contributed by atoms with Crippen LogP contribution in [0.25, 0.3) is 0 Å². The molecule has 0 aromatic carbocycles. The predicted octanol–water partition coefficient (Wildman–Crippen LogP) is 2.35. The van der Waals surface area contributed by atoms with Crippen LogP contribution in [0.1, 0.15) is 32.1 Å².